The van der Waals surface area contributed by atoms with Gasteiger partial charge in [-0.25, -0.2) is 65.9 Å². The molecule has 0 saturated carbocycles. The number of benzene rings is 1. The highest BCUT2D eigenvalue weighted by atomic mass is 32.1. The van der Waals surface area contributed by atoms with E-state index in [-0.39, 0.29) is 0 Å². The second-order valence-corrected chi connectivity index (χ2v) is 27.7. The van der Waals surface area contributed by atoms with Crippen LogP contribution in [0.5, 0.6) is 0 Å². The van der Waals surface area contributed by atoms with E-state index in [1.54, 1.807) is 117 Å². The summed E-state index contributed by atoms with van der Waals surface area (Å²) in [6.07, 6.45) is 27.4. The Hall–Kier alpha value is -13.8. The van der Waals surface area contributed by atoms with Crippen LogP contribution in [0.2, 0.25) is 0 Å². The number of rotatable bonds is 1. The van der Waals surface area contributed by atoms with Crippen LogP contribution in [-0.4, -0.2) is 86.2 Å². The van der Waals surface area contributed by atoms with Crippen LogP contribution in [0, 0.1) is 0 Å². The number of para-hydroxylation sites is 1. The Labute approximate surface area is 632 Å². The van der Waals surface area contributed by atoms with Gasteiger partial charge in [0.1, 0.15) is 52.4 Å². The number of pyridine rings is 9. The third-order valence-electron chi connectivity index (χ3n) is 21.0. The van der Waals surface area contributed by atoms with Crippen molar-refractivity contribution >= 4 is 115 Å². The molecule has 0 saturated heterocycles. The fourth-order valence-corrected chi connectivity index (χ4v) is 17.7. The highest BCUT2D eigenvalue weighted by Gasteiger charge is 2.41. The van der Waals surface area contributed by atoms with Gasteiger partial charge in [-0.15, -0.1) is 0 Å². The molecule has 5 aliphatic heterocycles. The molecule has 0 aliphatic carbocycles. The van der Waals surface area contributed by atoms with Crippen LogP contribution in [-0.2, 0) is 74.7 Å². The summed E-state index contributed by atoms with van der Waals surface area (Å²) in [6.45, 7) is -8.52. The fraction of sp³-hybridized carbons (Fsp3) is 0.134. The molecule has 514 valence electrons. The summed E-state index contributed by atoms with van der Waals surface area (Å²) in [4.78, 5) is 44.0. The van der Waals surface area contributed by atoms with Crippen molar-refractivity contribution in [2.45, 2.75) is 32.7 Å². The molecule has 0 fully saturated rings. The summed E-state index contributed by atoms with van der Waals surface area (Å²) in [5.41, 5.74) is 19.5. The van der Waals surface area contributed by atoms with Crippen molar-refractivity contribution in [3.63, 3.8) is 0 Å². The summed E-state index contributed by atoms with van der Waals surface area (Å²) >= 11 is 1.58. The first-order chi connectivity index (χ1) is 58.7. The zero-order valence-corrected chi connectivity index (χ0v) is 57.2. The highest BCUT2D eigenvalue weighted by Crippen LogP contribution is 2.41. The predicted molar refractivity (Wildman–Crippen MR) is 406 cm³/mol. The largest absolute Gasteiger partial charge is 0.417 e. The summed E-state index contributed by atoms with van der Waals surface area (Å²) < 4.78 is 151. The molecule has 24 nitrogen and oxygen atoms in total. The van der Waals surface area contributed by atoms with Gasteiger partial charge in [-0.05, 0) is 66.7 Å². The minimum absolute atomic E-state index is 0.539. The Morgan fingerprint density at radius 2 is 0.935 bits per heavy atom. The Morgan fingerprint density at radius 3 is 1.59 bits per heavy atom. The second kappa shape index (κ2) is 22.8. The van der Waals surface area contributed by atoms with Gasteiger partial charge in [0.2, 0.25) is 10.3 Å². The van der Waals surface area contributed by atoms with Crippen molar-refractivity contribution < 1.29 is 47.8 Å². The lowest BCUT2D eigenvalue weighted by atomic mass is 10.2. The van der Waals surface area contributed by atoms with Gasteiger partial charge in [-0.2, -0.15) is 4.57 Å². The van der Waals surface area contributed by atoms with Gasteiger partial charge >= 0.3 is 17.4 Å². The standard InChI is InChI=1S/C21H16N5.C16H14N5.C15H12N5.C15H11N4O.C15H11N4S/c1-24-19-16-9-11-22-12-17(16)26(15-7-3-2-4-8-15)21(19)25-13-14-6-5-10-23-18(14)20(24)25;1-19-12-8-17-7-5-11(12)14-16(19)21-9-10-4-3-6-18-13(10)15(21)20(14)2;1-18-14-12(7-11-8-16-5-6-19(11)14)20-9-10-3-2-4-17-13(10)15(18)20;2*1-18-13-10-4-6-16-7-11(10)20-15(13)19-8-9-3-2-5-17-12(9)14(18)19/h2-12H,13H2,1H3;3-8H,9H2,1-2H3;2-8H,9H2,1H3;2*2-7H,8H2,1H3/q5*+1/i1D3;2D3;3*1D3. The maximum absolute atomic E-state index is 8.30. The lowest BCUT2D eigenvalue weighted by Gasteiger charge is -2.02. The monoisotopic (exact) mass is 1430 g/mol. The van der Waals surface area contributed by atoms with Crippen LogP contribution in [0.25, 0.3) is 167 Å². The van der Waals surface area contributed by atoms with Gasteiger partial charge in [0, 0.05) is 101 Å². The number of nitrogens with zero attached hydrogens (tertiary/aromatic N) is 23. The molecular weight excluding hydrogens is 1360 g/mol. The molecule has 1 aromatic carbocycles. The minimum Gasteiger partial charge on any atom is -0.417 e. The van der Waals surface area contributed by atoms with Gasteiger partial charge in [0.25, 0.3) is 34.4 Å². The summed E-state index contributed by atoms with van der Waals surface area (Å²) in [6, 6.07) is 38.7. The number of hydrogen-bond acceptors (Lipinski definition) is 12. The van der Waals surface area contributed by atoms with E-state index in [9.17, 15) is 0 Å². The van der Waals surface area contributed by atoms with Gasteiger partial charge in [0.15, 0.2) is 39.0 Å². The number of furan rings is 1. The fourth-order valence-electron chi connectivity index (χ4n) is 16.5. The number of imidazole rings is 5. The van der Waals surface area contributed by atoms with Crippen LogP contribution in [0.1, 0.15) is 48.4 Å². The van der Waals surface area contributed by atoms with E-state index in [4.69, 9.17) is 25.0 Å². The third-order valence-corrected chi connectivity index (χ3v) is 22.2. The van der Waals surface area contributed by atoms with E-state index in [1.807, 2.05) is 145 Å². The molecule has 0 N–H and O–H groups in total. The van der Waals surface area contributed by atoms with Crippen molar-refractivity contribution in [1.82, 2.24) is 86.2 Å². The zero-order valence-electron chi connectivity index (χ0n) is 71.4. The van der Waals surface area contributed by atoms with Crippen LogP contribution in [0.4, 0.5) is 0 Å². The number of fused-ring (bicyclic) bond motifs is 35. The first-order valence-corrected chi connectivity index (χ1v) is 35.1. The van der Waals surface area contributed by atoms with Crippen molar-refractivity contribution in [3.8, 4) is 63.3 Å². The van der Waals surface area contributed by atoms with Crippen molar-refractivity contribution in [2.75, 3.05) is 0 Å². The van der Waals surface area contributed by atoms with Crippen LogP contribution >= 0.6 is 11.3 Å². The molecule has 25 heterocycles. The first-order valence-electron chi connectivity index (χ1n) is 41.8. The Morgan fingerprint density at radius 1 is 0.421 bits per heavy atom. The first kappa shape index (κ1) is 47.5. The van der Waals surface area contributed by atoms with E-state index in [0.717, 1.165) is 126 Å². The molecule has 20 aromatic heterocycles. The average Bonchev–Trinajstić information content (AvgIpc) is 1.77. The van der Waals surface area contributed by atoms with Crippen molar-refractivity contribution in [3.05, 3.63) is 248 Å². The third kappa shape index (κ3) is 8.55. The Balaban J connectivity index is 0.0000000914. The maximum Gasteiger partial charge on any atom is 0.339 e. The van der Waals surface area contributed by atoms with Gasteiger partial charge in [-0.1, -0.05) is 59.9 Å². The van der Waals surface area contributed by atoms with E-state index in [2.05, 4.69) is 63.5 Å². The molecule has 21 aromatic rings. The lowest BCUT2D eigenvalue weighted by Crippen LogP contribution is -2.33. The summed E-state index contributed by atoms with van der Waals surface area (Å²) in [5, 5.41) is 3.41. The predicted octanol–water partition coefficient (Wildman–Crippen LogP) is 11.1. The topological polar surface area (TPSA) is 200 Å². The van der Waals surface area contributed by atoms with Gasteiger partial charge in [0.05, 0.1) is 140 Å². The Kier molecular flexibility index (Phi) is 10.1. The van der Waals surface area contributed by atoms with Crippen LogP contribution in [0.15, 0.2) is 225 Å². The molecule has 0 radical (unpaired) electrons. The minimum atomic E-state index is -2.35. The number of hydrogen-bond donors (Lipinski definition) is 0. The van der Waals surface area contributed by atoms with E-state index in [0.29, 0.717) is 101 Å². The maximum atomic E-state index is 8.30. The zero-order chi connectivity index (χ0) is 83.7. The van der Waals surface area contributed by atoms with Gasteiger partial charge in [-0.3, -0.25) is 38.6 Å². The quantitative estimate of drug-likeness (QED) is 0.142. The molecule has 5 aliphatic rings. The smallest absolute Gasteiger partial charge is 0.339 e. The summed E-state index contributed by atoms with van der Waals surface area (Å²) in [5.74, 6) is 3.13. The van der Waals surface area contributed by atoms with Gasteiger partial charge < -0.3 is 4.42 Å². The van der Waals surface area contributed by atoms with E-state index >= 15 is 0 Å². The number of thiophene rings is 1. The normalized spacial score (nSPS) is 15.6. The highest BCUT2D eigenvalue weighted by molar-refractivity contribution is 7.25. The van der Waals surface area contributed by atoms with Crippen LogP contribution < -0.4 is 22.8 Å². The van der Waals surface area contributed by atoms with E-state index in [1.165, 1.54) is 22.8 Å². The molecule has 25 heteroatoms. The van der Waals surface area contributed by atoms with Crippen molar-refractivity contribution in [2.24, 2.45) is 41.9 Å². The molecule has 0 bridgehead atoms. The molecule has 26 rings (SSSR count). The molecule has 0 amide bonds. The average molecular weight is 1430 g/mol. The SMILES string of the molecule is [2H]C([2H])([2H])[n+]1c2n(c3cc4cnccn4c31)Cc1cccnc1-2.[2H]C([2H])([2H])n1c2[n+](c3c1c1ccncc1n3-c1ccccc1)Cc1cccnc1-2.[2H]C([2H])([2H])n1c2[n+](c3c1c1ccncc1n3C)Cc1cccnc1-2.[2H]C([2H])([2H])n1c2[n+](c3oc4cnccc4c31)Cc1cccnc1-2.[2H]C([2H])([2H])n1c2[n+](c3sc4cnccc4c31)Cc1cccnc1-2. The number of aryl methyl sites for hydroxylation is 6. The Bertz CT molecular complexity index is 7570. The molecule has 107 heavy (non-hydrogen) atoms. The molecule has 0 spiro atoms. The van der Waals surface area contributed by atoms with E-state index < -0.39 is 34.9 Å². The van der Waals surface area contributed by atoms with Crippen molar-refractivity contribution in [1.29, 1.82) is 0 Å². The van der Waals surface area contributed by atoms with Crippen LogP contribution in [0.3, 0.4) is 0 Å². The summed E-state index contributed by atoms with van der Waals surface area (Å²) in [7, 11) is 1.94. The lowest BCUT2D eigenvalue weighted by molar-refractivity contribution is -0.652. The second-order valence-electron chi connectivity index (χ2n) is 26.6. The number of aromatic nitrogens is 23. The molecule has 0 atom stereocenters. The molecule has 0 unspecified atom stereocenters. The molecular formula is C82H64N23OS+5.